The maximum atomic E-state index is 4.96. The first-order valence-corrected chi connectivity index (χ1v) is 16.8. The van der Waals surface area contributed by atoms with Crippen LogP contribution in [0.2, 0.25) is 0 Å². The molecule has 0 saturated heterocycles. The zero-order valence-electron chi connectivity index (χ0n) is 27.0. The molecule has 0 spiro atoms. The van der Waals surface area contributed by atoms with E-state index in [2.05, 4.69) is 186 Å². The molecule has 3 nitrogen and oxygen atoms in total. The Bertz CT molecular complexity index is 2710. The minimum Gasteiger partial charge on any atom is -0.306 e. The molecule has 230 valence electrons. The van der Waals surface area contributed by atoms with Gasteiger partial charge < -0.3 is 4.90 Å². The van der Waals surface area contributed by atoms with Crippen LogP contribution in [0.4, 0.5) is 17.1 Å². The summed E-state index contributed by atoms with van der Waals surface area (Å²) in [4.78, 5) is 7.35. The fourth-order valence-corrected chi connectivity index (χ4v) is 7.95. The van der Waals surface area contributed by atoms with Gasteiger partial charge in [-0.3, -0.25) is 4.57 Å². The van der Waals surface area contributed by atoms with E-state index in [1.807, 2.05) is 0 Å². The van der Waals surface area contributed by atoms with Crippen LogP contribution in [0, 0.1) is 6.92 Å². The molecule has 0 radical (unpaired) electrons. The van der Waals surface area contributed by atoms with E-state index in [9.17, 15) is 0 Å². The summed E-state index contributed by atoms with van der Waals surface area (Å²) in [6.45, 7) is 2.10. The van der Waals surface area contributed by atoms with Gasteiger partial charge in [0.25, 0.3) is 0 Å². The van der Waals surface area contributed by atoms with Crippen LogP contribution in [-0.2, 0) is 0 Å². The summed E-state index contributed by atoms with van der Waals surface area (Å²) < 4.78 is 2.31. The predicted molar refractivity (Wildman–Crippen MR) is 205 cm³/mol. The fraction of sp³-hybridized carbons (Fsp3) is 0.0217. The summed E-state index contributed by atoms with van der Waals surface area (Å²) in [6, 6.07) is 61.5. The molecule has 9 aromatic rings. The minimum absolute atomic E-state index is 0.989. The Morgan fingerprint density at radius 3 is 1.67 bits per heavy atom. The number of benzene rings is 8. The van der Waals surface area contributed by atoms with Crippen LogP contribution in [0.25, 0.3) is 71.6 Å². The Morgan fingerprint density at radius 1 is 0.408 bits per heavy atom. The number of fused-ring (bicyclic) bond motifs is 4. The van der Waals surface area contributed by atoms with Crippen molar-refractivity contribution in [1.82, 2.24) is 9.55 Å². The van der Waals surface area contributed by atoms with Gasteiger partial charge in [0.2, 0.25) is 0 Å². The van der Waals surface area contributed by atoms with E-state index in [1.54, 1.807) is 0 Å². The third kappa shape index (κ3) is 4.19. The molecule has 1 aliphatic rings. The Kier molecular flexibility index (Phi) is 6.09. The Morgan fingerprint density at radius 2 is 0.980 bits per heavy atom. The minimum atomic E-state index is 0.989. The van der Waals surface area contributed by atoms with Gasteiger partial charge in [0, 0.05) is 5.69 Å². The van der Waals surface area contributed by atoms with E-state index >= 15 is 0 Å². The van der Waals surface area contributed by atoms with Crippen molar-refractivity contribution in [1.29, 1.82) is 0 Å². The molecule has 10 rings (SSSR count). The lowest BCUT2D eigenvalue weighted by molar-refractivity contribution is 0.982. The molecule has 2 heterocycles. The number of aromatic nitrogens is 2. The van der Waals surface area contributed by atoms with Gasteiger partial charge in [0.15, 0.2) is 0 Å². The van der Waals surface area contributed by atoms with Crippen LogP contribution in [0.5, 0.6) is 0 Å². The molecule has 49 heavy (non-hydrogen) atoms. The average molecular weight is 626 g/mol. The van der Waals surface area contributed by atoms with Crippen LogP contribution >= 0.6 is 0 Å². The molecule has 1 aromatic heterocycles. The monoisotopic (exact) mass is 625 g/mol. The number of anilines is 3. The maximum absolute atomic E-state index is 4.96. The number of rotatable bonds is 4. The van der Waals surface area contributed by atoms with E-state index in [-0.39, 0.29) is 0 Å². The zero-order chi connectivity index (χ0) is 32.5. The molecule has 0 amide bonds. The number of nitrogens with zero attached hydrogens (tertiary/aromatic N) is 3. The molecule has 3 heteroatoms. The molecular formula is C46H31N3. The highest BCUT2D eigenvalue weighted by molar-refractivity contribution is 6.22. The van der Waals surface area contributed by atoms with Crippen LogP contribution in [-0.4, -0.2) is 9.55 Å². The van der Waals surface area contributed by atoms with Crippen LogP contribution in [0.15, 0.2) is 170 Å². The van der Waals surface area contributed by atoms with Crippen LogP contribution in [0.3, 0.4) is 0 Å². The lowest BCUT2D eigenvalue weighted by Crippen LogP contribution is -2.18. The Hall–Kier alpha value is -6.45. The maximum Gasteiger partial charge on any atom is 0.111 e. The summed E-state index contributed by atoms with van der Waals surface area (Å²) in [7, 11) is 0. The van der Waals surface area contributed by atoms with Crippen molar-refractivity contribution in [3.05, 3.63) is 176 Å². The Balaban J connectivity index is 1.25. The average Bonchev–Trinajstić information content (AvgIpc) is 3.51. The van der Waals surface area contributed by atoms with Crippen molar-refractivity contribution in [2.24, 2.45) is 0 Å². The molecular weight excluding hydrogens is 595 g/mol. The largest absolute Gasteiger partial charge is 0.306 e. The standard InChI is InChI=1S/C46H31N3/c1-30-47-40-22-13-23-42-46(40)48(30)41-27-25-34(29-43(41)49(42)35-18-9-4-10-19-35)33-24-26-38-39(28-33)45(32-16-7-3-8-17-32)37-21-12-11-20-36(37)44(38)31-14-5-2-6-15-31/h2-29H,1H3. The number of hydrogen-bond donors (Lipinski definition) is 0. The summed E-state index contributed by atoms with van der Waals surface area (Å²) in [5.74, 6) is 0.989. The van der Waals surface area contributed by atoms with E-state index in [1.165, 1.54) is 54.9 Å². The third-order valence-electron chi connectivity index (χ3n) is 10.0. The van der Waals surface area contributed by atoms with Gasteiger partial charge in [-0.1, -0.05) is 127 Å². The van der Waals surface area contributed by atoms with Crippen molar-refractivity contribution < 1.29 is 0 Å². The van der Waals surface area contributed by atoms with Gasteiger partial charge in [-0.05, 0) is 104 Å². The summed E-state index contributed by atoms with van der Waals surface area (Å²) >= 11 is 0. The molecule has 0 N–H and O–H groups in total. The van der Waals surface area contributed by atoms with Gasteiger partial charge in [0.05, 0.1) is 28.1 Å². The van der Waals surface area contributed by atoms with Crippen molar-refractivity contribution in [3.8, 4) is 39.1 Å². The molecule has 0 bridgehead atoms. The summed E-state index contributed by atoms with van der Waals surface area (Å²) in [6.07, 6.45) is 0. The van der Waals surface area contributed by atoms with Crippen molar-refractivity contribution in [3.63, 3.8) is 0 Å². The summed E-state index contributed by atoms with van der Waals surface area (Å²) in [5, 5.41) is 5.02. The lowest BCUT2D eigenvalue weighted by atomic mass is 9.85. The quantitative estimate of drug-likeness (QED) is 0.181. The molecule has 8 aromatic carbocycles. The van der Waals surface area contributed by atoms with Crippen LogP contribution in [0.1, 0.15) is 5.82 Å². The second-order valence-corrected chi connectivity index (χ2v) is 12.8. The molecule has 0 aliphatic carbocycles. The van der Waals surface area contributed by atoms with Gasteiger partial charge in [0.1, 0.15) is 5.82 Å². The number of imidazole rings is 1. The van der Waals surface area contributed by atoms with E-state index in [0.29, 0.717) is 0 Å². The van der Waals surface area contributed by atoms with Crippen molar-refractivity contribution in [2.75, 3.05) is 4.90 Å². The number of para-hydroxylation sites is 2. The van der Waals surface area contributed by atoms with E-state index < -0.39 is 0 Å². The second kappa shape index (κ2) is 10.8. The SMILES string of the molecule is Cc1nc2cccc3c2n1-c1ccc(-c2ccc4c(-c5ccccc5)c5ccccc5c(-c5ccccc5)c4c2)cc1N3c1ccccc1. The molecule has 1 aliphatic heterocycles. The zero-order valence-corrected chi connectivity index (χ0v) is 27.0. The lowest BCUT2D eigenvalue weighted by Gasteiger charge is -2.33. The topological polar surface area (TPSA) is 21.1 Å². The molecule has 0 atom stereocenters. The van der Waals surface area contributed by atoms with Gasteiger partial charge in [-0.25, -0.2) is 4.98 Å². The van der Waals surface area contributed by atoms with E-state index in [4.69, 9.17) is 4.98 Å². The highest BCUT2D eigenvalue weighted by Gasteiger charge is 2.28. The van der Waals surface area contributed by atoms with Crippen molar-refractivity contribution in [2.45, 2.75) is 6.92 Å². The van der Waals surface area contributed by atoms with Crippen molar-refractivity contribution >= 4 is 49.6 Å². The third-order valence-corrected chi connectivity index (χ3v) is 10.0. The van der Waals surface area contributed by atoms with Gasteiger partial charge in [-0.2, -0.15) is 0 Å². The van der Waals surface area contributed by atoms with E-state index in [0.717, 1.165) is 39.6 Å². The normalized spacial score (nSPS) is 12.1. The highest BCUT2D eigenvalue weighted by Crippen LogP contribution is 2.49. The first-order valence-electron chi connectivity index (χ1n) is 16.8. The first-order chi connectivity index (χ1) is 24.2. The second-order valence-electron chi connectivity index (χ2n) is 12.8. The summed E-state index contributed by atoms with van der Waals surface area (Å²) in [5.41, 5.74) is 14.0. The van der Waals surface area contributed by atoms with Gasteiger partial charge >= 0.3 is 0 Å². The Labute approximate surface area is 285 Å². The van der Waals surface area contributed by atoms with Crippen LogP contribution < -0.4 is 4.90 Å². The molecule has 0 saturated carbocycles. The first kappa shape index (κ1) is 27.6. The number of aryl methyl sites for hydroxylation is 1. The van der Waals surface area contributed by atoms with Gasteiger partial charge in [-0.15, -0.1) is 0 Å². The molecule has 0 unspecified atom stereocenters. The smallest absolute Gasteiger partial charge is 0.111 e. The number of hydrogen-bond acceptors (Lipinski definition) is 2. The highest BCUT2D eigenvalue weighted by atomic mass is 15.2. The molecule has 0 fully saturated rings. The predicted octanol–water partition coefficient (Wildman–Crippen LogP) is 12.4. The fourth-order valence-electron chi connectivity index (χ4n) is 7.95.